The number of nitro benzene ring substituents is 1. The molecule has 2 aliphatic heterocycles. The summed E-state index contributed by atoms with van der Waals surface area (Å²) in [6.07, 6.45) is 1.20. The normalized spacial score (nSPS) is 19.8. The Morgan fingerprint density at radius 1 is 1.33 bits per heavy atom. The van der Waals surface area contributed by atoms with Crippen LogP contribution in [-0.2, 0) is 25.7 Å². The van der Waals surface area contributed by atoms with Gasteiger partial charge in [-0.05, 0) is 30.2 Å². The molecule has 0 aliphatic carbocycles. The number of esters is 1. The van der Waals surface area contributed by atoms with Crippen molar-refractivity contribution in [2.75, 3.05) is 12.5 Å². The van der Waals surface area contributed by atoms with Gasteiger partial charge in [0.2, 0.25) is 0 Å². The van der Waals surface area contributed by atoms with Crippen molar-refractivity contribution in [3.05, 3.63) is 64.4 Å². The molecule has 1 fully saturated rings. The fourth-order valence-electron chi connectivity index (χ4n) is 3.45. The van der Waals surface area contributed by atoms with Gasteiger partial charge in [0.05, 0.1) is 22.3 Å². The zero-order chi connectivity index (χ0) is 24.1. The average molecular weight is 494 g/mol. The van der Waals surface area contributed by atoms with Crippen LogP contribution in [0, 0.1) is 10.1 Å². The first-order valence-corrected chi connectivity index (χ1v) is 11.7. The lowest BCUT2D eigenvalue weighted by Gasteiger charge is -2.45. The maximum Gasteiger partial charge on any atom is 0.333 e. The second-order valence-electron chi connectivity index (χ2n) is 7.42. The first kappa shape index (κ1) is 24.8. The van der Waals surface area contributed by atoms with Crippen molar-refractivity contribution in [2.24, 2.45) is 4.99 Å². The van der Waals surface area contributed by atoms with E-state index in [9.17, 15) is 19.7 Å². The number of rotatable bonds is 12. The molecule has 0 spiro atoms. The minimum Gasteiger partial charge on any atom is -0.499 e. The molecule has 3 unspecified atom stereocenters. The van der Waals surface area contributed by atoms with Crippen LogP contribution in [0.15, 0.2) is 53.7 Å². The fourth-order valence-corrected chi connectivity index (χ4v) is 4.92. The molecule has 1 amide bonds. The summed E-state index contributed by atoms with van der Waals surface area (Å²) >= 11 is 7.37. The van der Waals surface area contributed by atoms with E-state index in [0.29, 0.717) is 36.3 Å². The number of fused-ring (bicyclic) bond motifs is 1. The molecule has 1 aromatic rings. The van der Waals surface area contributed by atoms with Crippen molar-refractivity contribution >= 4 is 46.0 Å². The van der Waals surface area contributed by atoms with E-state index in [0.717, 1.165) is 5.04 Å². The van der Waals surface area contributed by atoms with Crippen LogP contribution in [0.3, 0.4) is 0 Å². The van der Waals surface area contributed by atoms with Crippen LogP contribution >= 0.6 is 23.4 Å². The molecule has 11 heteroatoms. The topological polar surface area (TPSA) is 111 Å². The van der Waals surface area contributed by atoms with E-state index in [1.165, 1.54) is 40.9 Å². The number of allylic oxidation sites excluding steroid dienone is 1. The Balaban J connectivity index is 1.63. The summed E-state index contributed by atoms with van der Waals surface area (Å²) in [6.45, 7) is 10.0. The van der Waals surface area contributed by atoms with Crippen LogP contribution < -0.4 is 0 Å². The summed E-state index contributed by atoms with van der Waals surface area (Å²) in [7, 11) is 0. The summed E-state index contributed by atoms with van der Waals surface area (Å²) < 4.78 is 10.8. The predicted octanol–water partition coefficient (Wildman–Crippen LogP) is 3.81. The van der Waals surface area contributed by atoms with Gasteiger partial charge in [-0.1, -0.05) is 24.9 Å². The Morgan fingerprint density at radius 2 is 2.03 bits per heavy atom. The van der Waals surface area contributed by atoms with E-state index in [4.69, 9.17) is 21.1 Å². The van der Waals surface area contributed by atoms with Crippen LogP contribution in [0.1, 0.15) is 25.3 Å². The number of non-ortho nitro benzene ring substituents is 1. The van der Waals surface area contributed by atoms with Crippen LogP contribution in [0.5, 0.6) is 0 Å². The maximum atomic E-state index is 12.9. The third kappa shape index (κ3) is 5.56. The first-order valence-electron chi connectivity index (χ1n) is 10.3. The number of thioether (sulfide) groups is 1. The lowest BCUT2D eigenvalue weighted by molar-refractivity contribution is -0.384. The highest BCUT2D eigenvalue weighted by Gasteiger charge is 2.56. The zero-order valence-electron chi connectivity index (χ0n) is 18.1. The third-order valence-electron chi connectivity index (χ3n) is 5.15. The highest BCUT2D eigenvalue weighted by Crippen LogP contribution is 2.42. The van der Waals surface area contributed by atoms with E-state index in [1.807, 2.05) is 6.92 Å². The van der Waals surface area contributed by atoms with Crippen molar-refractivity contribution < 1.29 is 24.0 Å². The molecule has 1 saturated heterocycles. The van der Waals surface area contributed by atoms with Gasteiger partial charge in [0.25, 0.3) is 11.6 Å². The van der Waals surface area contributed by atoms with Crippen molar-refractivity contribution in [1.82, 2.24) is 4.90 Å². The molecular weight excluding hydrogens is 470 g/mol. The molecule has 1 aromatic carbocycles. The molecule has 176 valence electrons. The zero-order valence-corrected chi connectivity index (χ0v) is 19.6. The minimum absolute atomic E-state index is 0.0228. The summed E-state index contributed by atoms with van der Waals surface area (Å²) in [4.78, 5) is 41.9. The van der Waals surface area contributed by atoms with Gasteiger partial charge in [-0.3, -0.25) is 19.9 Å². The Labute approximate surface area is 200 Å². The monoisotopic (exact) mass is 493 g/mol. The second kappa shape index (κ2) is 10.8. The molecule has 3 atom stereocenters. The molecule has 0 aromatic heterocycles. The highest BCUT2D eigenvalue weighted by molar-refractivity contribution is 8.14. The molecule has 33 heavy (non-hydrogen) atoms. The van der Waals surface area contributed by atoms with Crippen molar-refractivity contribution in [2.45, 2.75) is 43.8 Å². The highest BCUT2D eigenvalue weighted by atomic mass is 35.5. The van der Waals surface area contributed by atoms with Crippen molar-refractivity contribution in [1.29, 1.82) is 0 Å². The number of aliphatic imine (C=N–C) groups is 1. The molecule has 0 saturated carbocycles. The number of amides is 1. The smallest absolute Gasteiger partial charge is 0.333 e. The maximum absolute atomic E-state index is 12.9. The molecule has 2 aliphatic rings. The summed E-state index contributed by atoms with van der Waals surface area (Å²) in [5, 5.41) is 11.3. The van der Waals surface area contributed by atoms with Crippen LogP contribution in [-0.4, -0.2) is 56.7 Å². The Morgan fingerprint density at radius 3 is 2.64 bits per heavy atom. The molecule has 9 nitrogen and oxygen atoms in total. The van der Waals surface area contributed by atoms with Gasteiger partial charge in [0.15, 0.2) is 12.1 Å². The Hall–Kier alpha value is -2.85. The van der Waals surface area contributed by atoms with E-state index in [-0.39, 0.29) is 29.5 Å². The number of halogens is 1. The number of carbonyl (C=O) groups excluding carboxylic acids is 2. The summed E-state index contributed by atoms with van der Waals surface area (Å²) in [5.41, 5.74) is 0.859. The minimum atomic E-state index is -1.03. The molecule has 0 N–H and O–H groups in total. The molecule has 0 bridgehead atoms. The van der Waals surface area contributed by atoms with Gasteiger partial charge in [-0.2, -0.15) is 0 Å². The van der Waals surface area contributed by atoms with Gasteiger partial charge >= 0.3 is 5.97 Å². The van der Waals surface area contributed by atoms with E-state index >= 15 is 0 Å². The van der Waals surface area contributed by atoms with Gasteiger partial charge < -0.3 is 14.4 Å². The lowest BCUT2D eigenvalue weighted by atomic mass is 10.00. The largest absolute Gasteiger partial charge is 0.499 e. The number of nitrogens with zero attached hydrogens (tertiary/aromatic N) is 3. The number of alkyl halides is 1. The lowest BCUT2D eigenvalue weighted by Crippen LogP contribution is -2.66. The van der Waals surface area contributed by atoms with Crippen LogP contribution in [0.4, 0.5) is 5.69 Å². The number of likely N-dealkylation sites (tertiary alicyclic amines) is 1. The van der Waals surface area contributed by atoms with Crippen molar-refractivity contribution in [3.63, 3.8) is 0 Å². The average Bonchev–Trinajstić information content (AvgIpc) is 3.18. The van der Waals surface area contributed by atoms with Crippen LogP contribution in [0.2, 0.25) is 0 Å². The molecule has 2 heterocycles. The molecular formula is C22H24ClN3O6S. The fraction of sp³-hybridized carbons (Fsp3) is 0.409. The molecule has 0 radical (unpaired) electrons. The number of nitro groups is 1. The second-order valence-corrected chi connectivity index (χ2v) is 8.88. The number of hydrogen-bond donors (Lipinski definition) is 0. The number of β-lactam (4-membered cyclic amide) rings is 1. The number of ether oxygens (including phenoxy) is 2. The summed E-state index contributed by atoms with van der Waals surface area (Å²) in [6, 6.07) is 4.09. The van der Waals surface area contributed by atoms with Gasteiger partial charge in [0.1, 0.15) is 12.0 Å². The number of hydrogen-bond acceptors (Lipinski definition) is 8. The van der Waals surface area contributed by atoms with E-state index in [2.05, 4.69) is 18.2 Å². The SMILES string of the molecule is C=C(CCC1=NC2C(=O)N(C(C(=C)CCl)C(=O)OCc3ccc([N+](=O)[O-])cc3)C2S1)OCC. The van der Waals surface area contributed by atoms with E-state index in [1.54, 1.807) is 0 Å². The Kier molecular flexibility index (Phi) is 8.15. The van der Waals surface area contributed by atoms with Crippen LogP contribution in [0.25, 0.3) is 0 Å². The number of benzene rings is 1. The summed E-state index contributed by atoms with van der Waals surface area (Å²) in [5.74, 6) is -0.309. The van der Waals surface area contributed by atoms with Gasteiger partial charge in [-0.15, -0.1) is 11.6 Å². The van der Waals surface area contributed by atoms with Gasteiger partial charge in [0, 0.05) is 30.9 Å². The van der Waals surface area contributed by atoms with E-state index < -0.39 is 23.0 Å². The van der Waals surface area contributed by atoms with Crippen molar-refractivity contribution in [3.8, 4) is 0 Å². The molecule has 3 rings (SSSR count). The van der Waals surface area contributed by atoms with Gasteiger partial charge in [-0.25, -0.2) is 4.79 Å². The quantitative estimate of drug-likeness (QED) is 0.0827. The predicted molar refractivity (Wildman–Crippen MR) is 126 cm³/mol. The first-order chi connectivity index (χ1) is 15.8. The number of carbonyl (C=O) groups is 2. The standard InChI is InChI=1S/C22H24ClN3O6S/c1-4-31-14(3)5-10-17-24-18-20(27)25(21(18)33-17)19(13(2)11-23)22(28)32-12-15-6-8-16(9-7-15)26(29)30/h6-9,18-19,21H,2-5,10-12H2,1H3. The third-order valence-corrected chi connectivity index (χ3v) is 6.80. The Bertz CT molecular complexity index is 996.